The van der Waals surface area contributed by atoms with Gasteiger partial charge in [-0.1, -0.05) is 18.2 Å². The molecule has 1 saturated heterocycles. The minimum Gasteiger partial charge on any atom is -0.368 e. The standard InChI is InChI=1S/C18H22N2O2/c1-3-4-5-6-18(22)20-13-11-19(12-14-20)17-9-7-16(8-10-17)15(2)21/h3-10H,11-14H2,1-2H3/b4-3+,6-5+. The van der Waals surface area contributed by atoms with Gasteiger partial charge in [-0.05, 0) is 38.1 Å². The second kappa shape index (κ2) is 7.59. The SMILES string of the molecule is C/C=C/C=C/C(=O)N1CCN(c2ccc(C(C)=O)cc2)CC1. The first-order valence-electron chi connectivity index (χ1n) is 7.56. The van der Waals surface area contributed by atoms with Crippen LogP contribution in [0.15, 0.2) is 48.6 Å². The van der Waals surface area contributed by atoms with Crippen molar-refractivity contribution in [2.45, 2.75) is 13.8 Å². The summed E-state index contributed by atoms with van der Waals surface area (Å²) in [4.78, 5) is 27.4. The Balaban J connectivity index is 1.91. The number of benzene rings is 1. The number of ketones is 1. The Hall–Kier alpha value is -2.36. The fourth-order valence-corrected chi connectivity index (χ4v) is 2.45. The van der Waals surface area contributed by atoms with Gasteiger partial charge in [0, 0.05) is 43.5 Å². The number of rotatable bonds is 4. The minimum absolute atomic E-state index is 0.0599. The zero-order chi connectivity index (χ0) is 15.9. The molecule has 4 heteroatoms. The van der Waals surface area contributed by atoms with E-state index in [1.165, 1.54) is 0 Å². The van der Waals surface area contributed by atoms with Crippen molar-refractivity contribution < 1.29 is 9.59 Å². The summed E-state index contributed by atoms with van der Waals surface area (Å²) >= 11 is 0. The Labute approximate surface area is 131 Å². The minimum atomic E-state index is 0.0599. The molecule has 22 heavy (non-hydrogen) atoms. The summed E-state index contributed by atoms with van der Waals surface area (Å²) in [7, 11) is 0. The summed E-state index contributed by atoms with van der Waals surface area (Å²) < 4.78 is 0. The monoisotopic (exact) mass is 298 g/mol. The number of Topliss-reactive ketones (excluding diaryl/α,β-unsaturated/α-hetero) is 1. The Morgan fingerprint density at radius 2 is 1.64 bits per heavy atom. The van der Waals surface area contributed by atoms with Crippen LogP contribution in [0.2, 0.25) is 0 Å². The van der Waals surface area contributed by atoms with Gasteiger partial charge in [0.1, 0.15) is 0 Å². The molecule has 0 bridgehead atoms. The molecule has 0 radical (unpaired) electrons. The van der Waals surface area contributed by atoms with Crippen LogP contribution in [0.1, 0.15) is 24.2 Å². The lowest BCUT2D eigenvalue weighted by molar-refractivity contribution is -0.126. The van der Waals surface area contributed by atoms with E-state index in [9.17, 15) is 9.59 Å². The van der Waals surface area contributed by atoms with Crippen molar-refractivity contribution >= 4 is 17.4 Å². The van der Waals surface area contributed by atoms with E-state index in [-0.39, 0.29) is 11.7 Å². The third-order valence-corrected chi connectivity index (χ3v) is 3.77. The third-order valence-electron chi connectivity index (χ3n) is 3.77. The van der Waals surface area contributed by atoms with Crippen LogP contribution in [-0.2, 0) is 4.79 Å². The highest BCUT2D eigenvalue weighted by atomic mass is 16.2. The average Bonchev–Trinajstić information content (AvgIpc) is 2.55. The molecule has 116 valence electrons. The summed E-state index contributed by atoms with van der Waals surface area (Å²) in [5, 5.41) is 0. The number of hydrogen-bond donors (Lipinski definition) is 0. The maximum absolute atomic E-state index is 12.0. The predicted octanol–water partition coefficient (Wildman–Crippen LogP) is 2.67. The zero-order valence-corrected chi connectivity index (χ0v) is 13.2. The van der Waals surface area contributed by atoms with Crippen molar-refractivity contribution in [3.05, 3.63) is 54.1 Å². The molecule has 1 fully saturated rings. The average molecular weight is 298 g/mol. The highest BCUT2D eigenvalue weighted by Crippen LogP contribution is 2.17. The number of nitrogens with zero attached hydrogens (tertiary/aromatic N) is 2. The Bertz CT molecular complexity index is 580. The second-order valence-electron chi connectivity index (χ2n) is 5.30. The van der Waals surface area contributed by atoms with Crippen LogP contribution < -0.4 is 4.90 Å². The molecule has 0 spiro atoms. The van der Waals surface area contributed by atoms with Gasteiger partial charge in [0.05, 0.1) is 0 Å². The van der Waals surface area contributed by atoms with Gasteiger partial charge in [-0.25, -0.2) is 0 Å². The number of amides is 1. The van der Waals surface area contributed by atoms with Crippen molar-refractivity contribution in [2.24, 2.45) is 0 Å². The van der Waals surface area contributed by atoms with Gasteiger partial charge in [-0.2, -0.15) is 0 Å². The van der Waals surface area contributed by atoms with Crippen LogP contribution in [0, 0.1) is 0 Å². The molecule has 1 heterocycles. The maximum Gasteiger partial charge on any atom is 0.246 e. The molecule has 0 aromatic heterocycles. The summed E-state index contributed by atoms with van der Waals surface area (Å²) in [5.41, 5.74) is 1.83. The molecule has 1 aliphatic heterocycles. The van der Waals surface area contributed by atoms with Crippen molar-refractivity contribution in [2.75, 3.05) is 31.1 Å². The van der Waals surface area contributed by atoms with Crippen molar-refractivity contribution in [3.8, 4) is 0 Å². The van der Waals surface area contributed by atoms with Gasteiger partial charge >= 0.3 is 0 Å². The van der Waals surface area contributed by atoms with Gasteiger partial charge in [0.25, 0.3) is 0 Å². The first-order valence-corrected chi connectivity index (χ1v) is 7.56. The number of anilines is 1. The largest absolute Gasteiger partial charge is 0.368 e. The number of hydrogen-bond acceptors (Lipinski definition) is 3. The molecule has 1 aromatic carbocycles. The number of carbonyl (C=O) groups is 2. The van der Waals surface area contributed by atoms with Crippen LogP contribution in [0.25, 0.3) is 0 Å². The van der Waals surface area contributed by atoms with Gasteiger partial charge in [0.2, 0.25) is 5.91 Å². The lowest BCUT2D eigenvalue weighted by Gasteiger charge is -2.35. The van der Waals surface area contributed by atoms with Crippen LogP contribution in [-0.4, -0.2) is 42.8 Å². The van der Waals surface area contributed by atoms with Gasteiger partial charge in [-0.15, -0.1) is 0 Å². The molecule has 1 aromatic rings. The van der Waals surface area contributed by atoms with Crippen molar-refractivity contribution in [1.82, 2.24) is 4.90 Å². The summed E-state index contributed by atoms with van der Waals surface area (Å²) in [6, 6.07) is 7.66. The molecular weight excluding hydrogens is 276 g/mol. The van der Waals surface area contributed by atoms with Crippen LogP contribution in [0.3, 0.4) is 0 Å². The third kappa shape index (κ3) is 4.07. The van der Waals surface area contributed by atoms with Crippen molar-refractivity contribution in [3.63, 3.8) is 0 Å². The molecule has 0 saturated carbocycles. The van der Waals surface area contributed by atoms with Gasteiger partial charge < -0.3 is 9.80 Å². The summed E-state index contributed by atoms with van der Waals surface area (Å²) in [6.45, 7) is 6.54. The fourth-order valence-electron chi connectivity index (χ4n) is 2.45. The van der Waals surface area contributed by atoms with Crippen molar-refractivity contribution in [1.29, 1.82) is 0 Å². The highest BCUT2D eigenvalue weighted by Gasteiger charge is 2.19. The first kappa shape index (κ1) is 16.0. The maximum atomic E-state index is 12.0. The lowest BCUT2D eigenvalue weighted by Crippen LogP contribution is -2.48. The van der Waals surface area contributed by atoms with E-state index >= 15 is 0 Å². The van der Waals surface area contributed by atoms with Gasteiger partial charge in [-0.3, -0.25) is 9.59 Å². The van der Waals surface area contributed by atoms with Crippen LogP contribution in [0.5, 0.6) is 0 Å². The van der Waals surface area contributed by atoms with Crippen LogP contribution in [0.4, 0.5) is 5.69 Å². The summed E-state index contributed by atoms with van der Waals surface area (Å²) in [6.07, 6.45) is 7.13. The molecule has 0 N–H and O–H groups in total. The van der Waals surface area contributed by atoms with E-state index in [1.54, 1.807) is 19.1 Å². The molecule has 4 nitrogen and oxygen atoms in total. The Kier molecular flexibility index (Phi) is 5.53. The van der Waals surface area contributed by atoms with E-state index in [2.05, 4.69) is 4.90 Å². The molecule has 0 atom stereocenters. The molecule has 1 amide bonds. The predicted molar refractivity (Wildman–Crippen MR) is 89.2 cm³/mol. The van der Waals surface area contributed by atoms with Crippen LogP contribution >= 0.6 is 0 Å². The Morgan fingerprint density at radius 3 is 2.18 bits per heavy atom. The Morgan fingerprint density at radius 1 is 1.00 bits per heavy atom. The number of piperazine rings is 1. The smallest absolute Gasteiger partial charge is 0.246 e. The highest BCUT2D eigenvalue weighted by molar-refractivity contribution is 5.94. The lowest BCUT2D eigenvalue weighted by atomic mass is 10.1. The van der Waals surface area contributed by atoms with E-state index in [1.807, 2.05) is 48.2 Å². The molecule has 0 aliphatic carbocycles. The molecule has 2 rings (SSSR count). The van der Waals surface area contributed by atoms with E-state index < -0.39 is 0 Å². The quantitative estimate of drug-likeness (QED) is 0.487. The zero-order valence-electron chi connectivity index (χ0n) is 13.2. The van der Waals surface area contributed by atoms with E-state index in [4.69, 9.17) is 0 Å². The van der Waals surface area contributed by atoms with E-state index in [0.29, 0.717) is 13.1 Å². The first-order chi connectivity index (χ1) is 10.6. The number of carbonyl (C=O) groups excluding carboxylic acids is 2. The fraction of sp³-hybridized carbons (Fsp3) is 0.333. The molecule has 0 unspecified atom stereocenters. The van der Waals surface area contributed by atoms with E-state index in [0.717, 1.165) is 24.3 Å². The molecule has 1 aliphatic rings. The topological polar surface area (TPSA) is 40.6 Å². The van der Waals surface area contributed by atoms with Gasteiger partial charge in [0.15, 0.2) is 5.78 Å². The number of allylic oxidation sites excluding steroid dienone is 3. The molecular formula is C18H22N2O2. The second-order valence-corrected chi connectivity index (χ2v) is 5.30. The summed E-state index contributed by atoms with van der Waals surface area (Å²) in [5.74, 6) is 0.138. The normalized spacial score (nSPS) is 15.7.